The van der Waals surface area contributed by atoms with Crippen molar-refractivity contribution in [2.24, 2.45) is 0 Å². The summed E-state index contributed by atoms with van der Waals surface area (Å²) < 4.78 is 55.6. The third-order valence-corrected chi connectivity index (χ3v) is 6.37. The van der Waals surface area contributed by atoms with Crippen LogP contribution in [-0.2, 0) is 10.0 Å². The van der Waals surface area contributed by atoms with Crippen molar-refractivity contribution in [1.82, 2.24) is 9.38 Å². The molecule has 0 aliphatic rings. The Hall–Kier alpha value is -3.11. The van der Waals surface area contributed by atoms with Crippen molar-refractivity contribution in [3.63, 3.8) is 0 Å². The maximum Gasteiger partial charge on any atom is 0.264 e. The molecular weight excluding hydrogens is 420 g/mol. The topological polar surface area (TPSA) is 80.5 Å². The molecule has 0 radical (unpaired) electrons. The van der Waals surface area contributed by atoms with E-state index in [2.05, 4.69) is 9.71 Å². The minimum Gasteiger partial charge on any atom is -0.280 e. The minimum atomic E-state index is -4.31. The van der Waals surface area contributed by atoms with Gasteiger partial charge in [-0.3, -0.25) is 13.9 Å². The molecule has 10 heteroatoms. The number of nitrogens with zero attached hydrogens (tertiary/aromatic N) is 2. The SMILES string of the molecule is Cc1cc(=O)n2c(-c3ccc(NS(=O)(=O)c4cc(F)ccc4F)cc3)csc2n1. The molecule has 29 heavy (non-hydrogen) atoms. The number of halogens is 2. The average Bonchev–Trinajstić information content (AvgIpc) is 3.08. The van der Waals surface area contributed by atoms with Crippen LogP contribution < -0.4 is 10.3 Å². The summed E-state index contributed by atoms with van der Waals surface area (Å²) in [6.45, 7) is 1.74. The van der Waals surface area contributed by atoms with Crippen LogP contribution in [0.2, 0.25) is 0 Å². The Morgan fingerprint density at radius 1 is 1.07 bits per heavy atom. The molecule has 0 saturated heterocycles. The number of benzene rings is 2. The van der Waals surface area contributed by atoms with Crippen LogP contribution in [0.15, 0.2) is 63.6 Å². The summed E-state index contributed by atoms with van der Waals surface area (Å²) in [5, 5.41) is 1.78. The summed E-state index contributed by atoms with van der Waals surface area (Å²) in [5.74, 6) is -1.91. The minimum absolute atomic E-state index is 0.165. The monoisotopic (exact) mass is 433 g/mol. The third-order valence-electron chi connectivity index (χ3n) is 4.15. The van der Waals surface area contributed by atoms with Gasteiger partial charge in [0, 0.05) is 22.8 Å². The molecule has 0 atom stereocenters. The van der Waals surface area contributed by atoms with E-state index in [4.69, 9.17) is 0 Å². The van der Waals surface area contributed by atoms with Crippen molar-refractivity contribution in [2.75, 3.05) is 4.72 Å². The molecule has 148 valence electrons. The first kappa shape index (κ1) is 19.2. The molecule has 0 bridgehead atoms. The summed E-state index contributed by atoms with van der Waals surface area (Å²) in [4.78, 5) is 16.4. The number of aryl methyl sites for hydroxylation is 1. The second kappa shape index (κ2) is 7.05. The van der Waals surface area contributed by atoms with Gasteiger partial charge in [-0.25, -0.2) is 22.2 Å². The lowest BCUT2D eigenvalue weighted by atomic mass is 10.1. The first-order chi connectivity index (χ1) is 13.7. The van der Waals surface area contributed by atoms with Crippen LogP contribution >= 0.6 is 11.3 Å². The molecule has 6 nitrogen and oxygen atoms in total. The van der Waals surface area contributed by atoms with E-state index in [-0.39, 0.29) is 11.2 Å². The quantitative estimate of drug-likeness (QED) is 0.531. The van der Waals surface area contributed by atoms with Crippen molar-refractivity contribution in [2.45, 2.75) is 11.8 Å². The number of nitrogens with one attached hydrogen (secondary N) is 1. The molecule has 0 saturated carbocycles. The van der Waals surface area contributed by atoms with Gasteiger partial charge in [0.1, 0.15) is 16.5 Å². The fourth-order valence-corrected chi connectivity index (χ4v) is 4.93. The molecule has 4 aromatic rings. The molecule has 0 amide bonds. The fraction of sp³-hybridized carbons (Fsp3) is 0.0526. The summed E-state index contributed by atoms with van der Waals surface area (Å²) in [5.41, 5.74) is 1.86. The Labute approximate surface area is 168 Å². The van der Waals surface area contributed by atoms with Crippen molar-refractivity contribution in [3.05, 3.63) is 81.6 Å². The van der Waals surface area contributed by atoms with E-state index in [1.165, 1.54) is 33.9 Å². The molecule has 0 fully saturated rings. The zero-order chi connectivity index (χ0) is 20.8. The maximum atomic E-state index is 13.8. The lowest BCUT2D eigenvalue weighted by molar-refractivity contribution is 0.555. The Morgan fingerprint density at radius 3 is 2.52 bits per heavy atom. The van der Waals surface area contributed by atoms with E-state index in [0.29, 0.717) is 28.0 Å². The Balaban J connectivity index is 1.67. The van der Waals surface area contributed by atoms with Gasteiger partial charge >= 0.3 is 0 Å². The van der Waals surface area contributed by atoms with E-state index >= 15 is 0 Å². The van der Waals surface area contributed by atoms with Crippen LogP contribution in [0.4, 0.5) is 14.5 Å². The van der Waals surface area contributed by atoms with E-state index in [1.54, 1.807) is 24.4 Å². The highest BCUT2D eigenvalue weighted by Crippen LogP contribution is 2.26. The number of hydrogen-bond donors (Lipinski definition) is 1. The van der Waals surface area contributed by atoms with Crippen molar-refractivity contribution in [1.29, 1.82) is 0 Å². The number of hydrogen-bond acceptors (Lipinski definition) is 5. The van der Waals surface area contributed by atoms with Crippen LogP contribution in [-0.4, -0.2) is 17.8 Å². The zero-order valence-electron chi connectivity index (χ0n) is 14.9. The van der Waals surface area contributed by atoms with Gasteiger partial charge in [-0.05, 0) is 42.8 Å². The van der Waals surface area contributed by atoms with Crippen molar-refractivity contribution >= 4 is 32.0 Å². The van der Waals surface area contributed by atoms with Crippen LogP contribution in [0.3, 0.4) is 0 Å². The summed E-state index contributed by atoms with van der Waals surface area (Å²) in [6, 6.07) is 9.82. The number of sulfonamides is 1. The van der Waals surface area contributed by atoms with Gasteiger partial charge in [-0.2, -0.15) is 0 Å². The van der Waals surface area contributed by atoms with Gasteiger partial charge in [0.25, 0.3) is 15.6 Å². The van der Waals surface area contributed by atoms with E-state index in [1.807, 2.05) is 0 Å². The molecule has 0 spiro atoms. The normalized spacial score (nSPS) is 11.7. The zero-order valence-corrected chi connectivity index (χ0v) is 16.5. The Kier molecular flexibility index (Phi) is 4.67. The van der Waals surface area contributed by atoms with Gasteiger partial charge in [-0.15, -0.1) is 11.3 Å². The summed E-state index contributed by atoms with van der Waals surface area (Å²) in [7, 11) is -4.31. The maximum absolute atomic E-state index is 13.8. The number of thiazole rings is 1. The van der Waals surface area contributed by atoms with Crippen LogP contribution in [0.5, 0.6) is 0 Å². The lowest BCUT2D eigenvalue weighted by Crippen LogP contribution is -2.15. The molecule has 2 aromatic heterocycles. The predicted octanol–water partition coefficient (Wildman–Crippen LogP) is 3.81. The highest BCUT2D eigenvalue weighted by atomic mass is 32.2. The Morgan fingerprint density at radius 2 is 1.79 bits per heavy atom. The predicted molar refractivity (Wildman–Crippen MR) is 107 cm³/mol. The molecule has 0 aliphatic carbocycles. The molecule has 1 N–H and O–H groups in total. The number of fused-ring (bicyclic) bond motifs is 1. The summed E-state index contributed by atoms with van der Waals surface area (Å²) in [6.07, 6.45) is 0. The van der Waals surface area contributed by atoms with Crippen LogP contribution in [0.25, 0.3) is 16.2 Å². The third kappa shape index (κ3) is 3.64. The van der Waals surface area contributed by atoms with Gasteiger partial charge in [0.15, 0.2) is 4.96 Å². The van der Waals surface area contributed by atoms with Gasteiger partial charge in [0.2, 0.25) is 0 Å². The highest BCUT2D eigenvalue weighted by Gasteiger charge is 2.20. The standard InChI is InChI=1S/C19H13F2N3O3S2/c1-11-8-18(25)24-16(10-28-19(24)22-11)12-2-5-14(6-3-12)23-29(26,27)17-9-13(20)4-7-15(17)21/h2-10,23H,1H3. The number of rotatable bonds is 4. The molecule has 2 aromatic carbocycles. The molecule has 0 aliphatic heterocycles. The first-order valence-corrected chi connectivity index (χ1v) is 10.7. The van der Waals surface area contributed by atoms with E-state index < -0.39 is 26.6 Å². The average molecular weight is 433 g/mol. The molecular formula is C19H13F2N3O3S2. The van der Waals surface area contributed by atoms with Crippen LogP contribution in [0.1, 0.15) is 5.69 Å². The van der Waals surface area contributed by atoms with Crippen molar-refractivity contribution in [3.8, 4) is 11.3 Å². The van der Waals surface area contributed by atoms with E-state index in [0.717, 1.165) is 12.1 Å². The van der Waals surface area contributed by atoms with Crippen LogP contribution in [0, 0.1) is 18.6 Å². The summed E-state index contributed by atoms with van der Waals surface area (Å²) >= 11 is 1.31. The van der Waals surface area contributed by atoms with Gasteiger partial charge in [-0.1, -0.05) is 12.1 Å². The van der Waals surface area contributed by atoms with Crippen molar-refractivity contribution < 1.29 is 17.2 Å². The Bertz CT molecular complexity index is 1390. The largest absolute Gasteiger partial charge is 0.280 e. The smallest absolute Gasteiger partial charge is 0.264 e. The molecule has 0 unspecified atom stereocenters. The van der Waals surface area contributed by atoms with Gasteiger partial charge < -0.3 is 0 Å². The lowest BCUT2D eigenvalue weighted by Gasteiger charge is -2.10. The molecule has 4 rings (SSSR count). The second-order valence-corrected chi connectivity index (χ2v) is 8.72. The van der Waals surface area contributed by atoms with E-state index in [9.17, 15) is 22.0 Å². The molecule has 2 heterocycles. The second-order valence-electron chi connectivity index (χ2n) is 6.23. The number of aromatic nitrogens is 2. The fourth-order valence-electron chi connectivity index (χ4n) is 2.83. The van der Waals surface area contributed by atoms with Gasteiger partial charge in [0.05, 0.1) is 5.69 Å². The highest BCUT2D eigenvalue weighted by molar-refractivity contribution is 7.92. The number of anilines is 1. The first-order valence-electron chi connectivity index (χ1n) is 8.31.